The molecule has 1 aromatic heterocycles. The van der Waals surface area contributed by atoms with Crippen molar-refractivity contribution in [3.05, 3.63) is 65.5 Å². The molecule has 0 fully saturated rings. The van der Waals surface area contributed by atoms with Gasteiger partial charge in [-0.3, -0.25) is 0 Å². The second-order valence-corrected chi connectivity index (χ2v) is 5.18. The van der Waals surface area contributed by atoms with Gasteiger partial charge in [0, 0.05) is 18.3 Å². The van der Waals surface area contributed by atoms with Crippen LogP contribution in [0.25, 0.3) is 5.69 Å². The van der Waals surface area contributed by atoms with Crippen molar-refractivity contribution in [3.63, 3.8) is 0 Å². The van der Waals surface area contributed by atoms with Gasteiger partial charge in [0.1, 0.15) is 18.0 Å². The maximum absolute atomic E-state index is 13.3. The van der Waals surface area contributed by atoms with Crippen molar-refractivity contribution in [2.24, 2.45) is 5.73 Å². The molecule has 0 saturated heterocycles. The largest absolute Gasteiger partial charge is 0.326 e. The second kappa shape index (κ2) is 6.13. The zero-order valence-electron chi connectivity index (χ0n) is 12.4. The molecule has 0 aliphatic carbocycles. The third-order valence-electron chi connectivity index (χ3n) is 3.23. The van der Waals surface area contributed by atoms with Gasteiger partial charge in [-0.15, -0.1) is 5.10 Å². The molecule has 1 heterocycles. The van der Waals surface area contributed by atoms with Crippen molar-refractivity contribution in [3.8, 4) is 5.69 Å². The fourth-order valence-electron chi connectivity index (χ4n) is 2.30. The molecule has 118 valence electrons. The van der Waals surface area contributed by atoms with Gasteiger partial charge in [-0.2, -0.15) is 4.98 Å². The number of anilines is 2. The number of hydrogen-bond donors (Lipinski definition) is 2. The number of halogens is 2. The topological polar surface area (TPSA) is 68.8 Å². The first-order valence-corrected chi connectivity index (χ1v) is 6.99. The quantitative estimate of drug-likeness (QED) is 0.776. The van der Waals surface area contributed by atoms with E-state index in [1.54, 1.807) is 0 Å². The Kier molecular flexibility index (Phi) is 4.03. The number of aromatic nitrogens is 3. The summed E-state index contributed by atoms with van der Waals surface area (Å²) < 4.78 is 27.8. The Balaban J connectivity index is 1.86. The monoisotopic (exact) mass is 315 g/mol. The van der Waals surface area contributed by atoms with Gasteiger partial charge >= 0.3 is 0 Å². The molecular formula is C16H15F2N5. The minimum atomic E-state index is -0.670. The van der Waals surface area contributed by atoms with Gasteiger partial charge in [0.25, 0.3) is 0 Å². The van der Waals surface area contributed by atoms with Crippen LogP contribution in [0.2, 0.25) is 0 Å². The van der Waals surface area contributed by atoms with Crippen LogP contribution in [-0.2, 0) is 6.54 Å². The van der Waals surface area contributed by atoms with Crippen LogP contribution in [0.15, 0.2) is 42.7 Å². The van der Waals surface area contributed by atoms with Gasteiger partial charge in [0.15, 0.2) is 0 Å². The molecule has 0 atom stereocenters. The molecule has 3 N–H and O–H groups in total. The van der Waals surface area contributed by atoms with Gasteiger partial charge in [-0.05, 0) is 42.3 Å². The van der Waals surface area contributed by atoms with E-state index in [-0.39, 0.29) is 5.69 Å². The van der Waals surface area contributed by atoms with E-state index in [9.17, 15) is 8.78 Å². The van der Waals surface area contributed by atoms with E-state index in [4.69, 9.17) is 5.73 Å². The zero-order chi connectivity index (χ0) is 16.4. The van der Waals surface area contributed by atoms with Crippen LogP contribution in [0.5, 0.6) is 0 Å². The third-order valence-corrected chi connectivity index (χ3v) is 3.23. The maximum Gasteiger partial charge on any atom is 0.246 e. The van der Waals surface area contributed by atoms with Crippen molar-refractivity contribution in [1.82, 2.24) is 14.8 Å². The van der Waals surface area contributed by atoms with Gasteiger partial charge in [0.2, 0.25) is 5.95 Å². The molecule has 23 heavy (non-hydrogen) atoms. The highest BCUT2D eigenvalue weighted by Gasteiger charge is 2.07. The van der Waals surface area contributed by atoms with Crippen LogP contribution in [0.4, 0.5) is 20.4 Å². The number of rotatable bonds is 4. The van der Waals surface area contributed by atoms with Crippen LogP contribution in [-0.4, -0.2) is 14.8 Å². The predicted octanol–water partition coefficient (Wildman–Crippen LogP) is 3.06. The van der Waals surface area contributed by atoms with Crippen molar-refractivity contribution >= 4 is 11.6 Å². The van der Waals surface area contributed by atoms with E-state index in [2.05, 4.69) is 15.4 Å². The van der Waals surface area contributed by atoms with Crippen LogP contribution >= 0.6 is 0 Å². The molecule has 3 rings (SSSR count). The molecule has 0 spiro atoms. The Labute approximate surface area is 131 Å². The standard InChI is InChI=1S/C16H15F2N5/c1-10-2-11(8-19)4-14(3-10)21-16-20-9-23(22-16)15-6-12(17)5-13(18)7-15/h2-7,9H,8,19H2,1H3,(H,21,22). The summed E-state index contributed by atoms with van der Waals surface area (Å²) in [4.78, 5) is 4.10. The molecule has 5 nitrogen and oxygen atoms in total. The number of nitrogens with zero attached hydrogens (tertiary/aromatic N) is 3. The highest BCUT2D eigenvalue weighted by molar-refractivity contribution is 5.56. The first-order valence-electron chi connectivity index (χ1n) is 6.99. The minimum absolute atomic E-state index is 0.259. The summed E-state index contributed by atoms with van der Waals surface area (Å²) in [6.45, 7) is 2.40. The van der Waals surface area contributed by atoms with Gasteiger partial charge in [-0.1, -0.05) is 6.07 Å². The van der Waals surface area contributed by atoms with Crippen LogP contribution in [0, 0.1) is 18.6 Å². The van der Waals surface area contributed by atoms with Crippen molar-refractivity contribution < 1.29 is 8.78 Å². The average Bonchev–Trinajstić information content (AvgIpc) is 2.94. The summed E-state index contributed by atoms with van der Waals surface area (Å²) in [7, 11) is 0. The Morgan fingerprint density at radius 3 is 2.52 bits per heavy atom. The normalized spacial score (nSPS) is 10.8. The molecule has 2 aromatic carbocycles. The lowest BCUT2D eigenvalue weighted by Gasteiger charge is -2.06. The number of aryl methyl sites for hydroxylation is 1. The highest BCUT2D eigenvalue weighted by Crippen LogP contribution is 2.18. The maximum atomic E-state index is 13.3. The zero-order valence-corrected chi connectivity index (χ0v) is 12.4. The molecule has 0 unspecified atom stereocenters. The predicted molar refractivity (Wildman–Crippen MR) is 83.6 cm³/mol. The van der Waals surface area contributed by atoms with Gasteiger partial charge in [0.05, 0.1) is 5.69 Å². The molecule has 0 aliphatic rings. The molecular weight excluding hydrogens is 300 g/mol. The van der Waals surface area contributed by atoms with Crippen LogP contribution < -0.4 is 11.1 Å². The first kappa shape index (κ1) is 15.1. The van der Waals surface area contributed by atoms with Crippen LogP contribution in [0.3, 0.4) is 0 Å². The summed E-state index contributed by atoms with van der Waals surface area (Å²) in [6.07, 6.45) is 1.39. The van der Waals surface area contributed by atoms with Crippen molar-refractivity contribution in [2.75, 3.05) is 5.32 Å². The third kappa shape index (κ3) is 3.51. The lowest BCUT2D eigenvalue weighted by molar-refractivity contribution is 0.580. The van der Waals surface area contributed by atoms with Crippen molar-refractivity contribution in [1.29, 1.82) is 0 Å². The summed E-state index contributed by atoms with van der Waals surface area (Å²) in [5, 5.41) is 7.23. The number of benzene rings is 2. The summed E-state index contributed by atoms with van der Waals surface area (Å²) in [5.41, 5.74) is 8.76. The molecule has 3 aromatic rings. The molecule has 0 amide bonds. The van der Waals surface area contributed by atoms with Crippen molar-refractivity contribution in [2.45, 2.75) is 13.5 Å². The van der Waals surface area contributed by atoms with Gasteiger partial charge < -0.3 is 11.1 Å². The number of nitrogens with one attached hydrogen (secondary N) is 1. The molecule has 7 heteroatoms. The second-order valence-electron chi connectivity index (χ2n) is 5.18. The molecule has 0 saturated carbocycles. The lowest BCUT2D eigenvalue weighted by Crippen LogP contribution is -2.01. The number of hydrogen-bond acceptors (Lipinski definition) is 4. The van der Waals surface area contributed by atoms with E-state index >= 15 is 0 Å². The van der Waals surface area contributed by atoms with E-state index in [1.807, 2.05) is 25.1 Å². The van der Waals surface area contributed by atoms with Gasteiger partial charge in [-0.25, -0.2) is 13.5 Å². The Bertz CT molecular complexity index is 824. The fraction of sp³-hybridized carbons (Fsp3) is 0.125. The first-order chi connectivity index (χ1) is 11.0. The molecule has 0 bridgehead atoms. The summed E-state index contributed by atoms with van der Waals surface area (Å²) >= 11 is 0. The van der Waals surface area contributed by atoms with E-state index < -0.39 is 11.6 Å². The SMILES string of the molecule is Cc1cc(CN)cc(Nc2ncn(-c3cc(F)cc(F)c3)n2)c1. The smallest absolute Gasteiger partial charge is 0.246 e. The average molecular weight is 315 g/mol. The molecule has 0 radical (unpaired) electrons. The highest BCUT2D eigenvalue weighted by atomic mass is 19.1. The lowest BCUT2D eigenvalue weighted by atomic mass is 10.1. The van der Waals surface area contributed by atoms with Crippen LogP contribution in [0.1, 0.15) is 11.1 Å². The fourth-order valence-corrected chi connectivity index (χ4v) is 2.30. The minimum Gasteiger partial charge on any atom is -0.326 e. The Hall–Kier alpha value is -2.80. The Morgan fingerprint density at radius 1 is 1.09 bits per heavy atom. The Morgan fingerprint density at radius 2 is 1.83 bits per heavy atom. The number of nitrogens with two attached hydrogens (primary N) is 1. The van der Waals surface area contributed by atoms with E-state index in [0.29, 0.717) is 12.5 Å². The van der Waals surface area contributed by atoms with E-state index in [1.165, 1.54) is 23.1 Å². The summed E-state index contributed by atoms with van der Waals surface area (Å²) in [5.74, 6) is -1.02. The van der Waals surface area contributed by atoms with E-state index in [0.717, 1.165) is 22.9 Å². The summed E-state index contributed by atoms with van der Waals surface area (Å²) in [6, 6.07) is 8.99. The molecule has 0 aliphatic heterocycles.